The number of hydrogen-bond donors (Lipinski definition) is 1. The number of aromatic nitrogens is 1. The van der Waals surface area contributed by atoms with Gasteiger partial charge in [-0.25, -0.2) is 4.98 Å². The van der Waals surface area contributed by atoms with Crippen molar-refractivity contribution in [2.45, 2.75) is 66.0 Å². The quantitative estimate of drug-likeness (QED) is 0.773. The Morgan fingerprint density at radius 1 is 1.20 bits per heavy atom. The van der Waals surface area contributed by atoms with Gasteiger partial charge in [0, 0.05) is 11.3 Å². The molecule has 0 spiro atoms. The second-order valence-corrected chi connectivity index (χ2v) is 7.87. The normalized spacial score (nSPS) is 12.5. The van der Waals surface area contributed by atoms with Gasteiger partial charge in [0.05, 0.1) is 17.2 Å². The van der Waals surface area contributed by atoms with Gasteiger partial charge in [-0.05, 0) is 43.0 Å². The van der Waals surface area contributed by atoms with Gasteiger partial charge in [-0.1, -0.05) is 33.8 Å². The van der Waals surface area contributed by atoms with Gasteiger partial charge in [0.1, 0.15) is 5.75 Å². The monoisotopic (exact) mass is 360 g/mol. The van der Waals surface area contributed by atoms with Crippen molar-refractivity contribution in [1.82, 2.24) is 10.3 Å². The lowest BCUT2D eigenvalue weighted by atomic mass is 9.98. The van der Waals surface area contributed by atoms with E-state index < -0.39 is 6.10 Å². The number of benzene rings is 1. The predicted molar refractivity (Wildman–Crippen MR) is 103 cm³/mol. The topological polar surface area (TPSA) is 51.2 Å². The molecule has 136 valence electrons. The Kier molecular flexibility index (Phi) is 6.59. The van der Waals surface area contributed by atoms with Crippen molar-refractivity contribution in [3.63, 3.8) is 0 Å². The number of hydrogen-bond acceptors (Lipinski definition) is 4. The first-order valence-electron chi connectivity index (χ1n) is 8.77. The fourth-order valence-electron chi connectivity index (χ4n) is 2.62. The fraction of sp³-hybridized carbons (Fsp3) is 0.500. The Hall–Kier alpha value is -1.88. The van der Waals surface area contributed by atoms with Crippen LogP contribution in [0.4, 0.5) is 0 Å². The van der Waals surface area contributed by atoms with E-state index >= 15 is 0 Å². The zero-order valence-electron chi connectivity index (χ0n) is 15.9. The summed E-state index contributed by atoms with van der Waals surface area (Å²) in [6.07, 6.45) is -0.549. The summed E-state index contributed by atoms with van der Waals surface area (Å²) in [6.45, 7) is 12.8. The molecule has 0 aliphatic carbocycles. The molecule has 0 radical (unpaired) electrons. The number of rotatable bonds is 7. The molecule has 2 aromatic rings. The van der Waals surface area contributed by atoms with Crippen molar-refractivity contribution in [2.24, 2.45) is 0 Å². The van der Waals surface area contributed by atoms with Crippen molar-refractivity contribution in [3.05, 3.63) is 45.4 Å². The number of aryl methyl sites for hydroxylation is 1. The van der Waals surface area contributed by atoms with Crippen LogP contribution in [0.1, 0.15) is 68.3 Å². The van der Waals surface area contributed by atoms with Crippen molar-refractivity contribution in [3.8, 4) is 5.75 Å². The molecule has 0 saturated heterocycles. The summed E-state index contributed by atoms with van der Waals surface area (Å²) >= 11 is 1.63. The molecule has 5 heteroatoms. The molecule has 25 heavy (non-hydrogen) atoms. The van der Waals surface area contributed by atoms with Crippen LogP contribution in [0.25, 0.3) is 0 Å². The highest BCUT2D eigenvalue weighted by atomic mass is 32.1. The zero-order chi connectivity index (χ0) is 18.6. The molecule has 0 saturated carbocycles. The van der Waals surface area contributed by atoms with Crippen LogP contribution in [0.5, 0.6) is 5.75 Å². The highest BCUT2D eigenvalue weighted by Gasteiger charge is 2.16. The summed E-state index contributed by atoms with van der Waals surface area (Å²) in [5.41, 5.74) is 3.38. The summed E-state index contributed by atoms with van der Waals surface area (Å²) in [5, 5.41) is 5.98. The van der Waals surface area contributed by atoms with E-state index in [-0.39, 0.29) is 5.91 Å². The average molecular weight is 361 g/mol. The van der Waals surface area contributed by atoms with E-state index in [0.29, 0.717) is 18.4 Å². The van der Waals surface area contributed by atoms with Gasteiger partial charge in [-0.15, -0.1) is 11.3 Å². The minimum Gasteiger partial charge on any atom is -0.481 e. The highest BCUT2D eigenvalue weighted by molar-refractivity contribution is 7.09. The maximum absolute atomic E-state index is 12.3. The van der Waals surface area contributed by atoms with E-state index in [9.17, 15) is 4.79 Å². The van der Waals surface area contributed by atoms with E-state index in [0.717, 1.165) is 16.5 Å². The first kappa shape index (κ1) is 19.4. The molecule has 1 unspecified atom stereocenters. The molecular formula is C20H28N2O2S. The minimum atomic E-state index is -0.549. The molecule has 2 rings (SSSR count). The number of ether oxygens (including phenoxy) is 1. The number of carbonyl (C=O) groups excluding carboxylic acids is 1. The minimum absolute atomic E-state index is 0.135. The first-order chi connectivity index (χ1) is 11.8. The average Bonchev–Trinajstić information content (AvgIpc) is 3.01. The third-order valence-electron chi connectivity index (χ3n) is 4.05. The number of carbonyl (C=O) groups is 1. The third kappa shape index (κ3) is 5.30. The largest absolute Gasteiger partial charge is 0.481 e. The molecular weight excluding hydrogens is 332 g/mol. The van der Waals surface area contributed by atoms with Crippen LogP contribution in [0.3, 0.4) is 0 Å². The number of nitrogens with one attached hydrogen (secondary N) is 1. The first-order valence-corrected chi connectivity index (χ1v) is 9.65. The van der Waals surface area contributed by atoms with Gasteiger partial charge in [-0.2, -0.15) is 0 Å². The standard InChI is InChI=1S/C20H28N2O2S/c1-12(2)18-8-7-17(9-14(18)5)24-15(6)19(23)21-10-16-11-25-20(22-16)13(3)4/h7-9,11-13,15H,10H2,1-6H3,(H,21,23). The third-order valence-corrected chi connectivity index (χ3v) is 5.25. The van der Waals surface area contributed by atoms with Gasteiger partial charge in [0.2, 0.25) is 0 Å². The molecule has 4 nitrogen and oxygen atoms in total. The lowest BCUT2D eigenvalue weighted by Gasteiger charge is -2.16. The maximum Gasteiger partial charge on any atom is 0.261 e. The SMILES string of the molecule is Cc1cc(OC(C)C(=O)NCc2csc(C(C)C)n2)ccc1C(C)C. The van der Waals surface area contributed by atoms with Crippen LogP contribution in [-0.2, 0) is 11.3 Å². The van der Waals surface area contributed by atoms with E-state index in [4.69, 9.17) is 4.74 Å². The van der Waals surface area contributed by atoms with Crippen molar-refractivity contribution in [1.29, 1.82) is 0 Å². The summed E-state index contributed by atoms with van der Waals surface area (Å²) in [5.74, 6) is 1.47. The number of nitrogens with zero attached hydrogens (tertiary/aromatic N) is 1. The van der Waals surface area contributed by atoms with Crippen molar-refractivity contribution in [2.75, 3.05) is 0 Å². The second-order valence-electron chi connectivity index (χ2n) is 6.98. The molecule has 0 fully saturated rings. The Balaban J connectivity index is 1.90. The van der Waals surface area contributed by atoms with Crippen LogP contribution in [-0.4, -0.2) is 17.0 Å². The molecule has 1 heterocycles. The van der Waals surface area contributed by atoms with Gasteiger partial charge < -0.3 is 10.1 Å². The van der Waals surface area contributed by atoms with Crippen LogP contribution in [0.15, 0.2) is 23.6 Å². The molecule has 1 N–H and O–H groups in total. The van der Waals surface area contributed by atoms with E-state index in [1.165, 1.54) is 11.1 Å². The fourth-order valence-corrected chi connectivity index (χ4v) is 3.45. The number of amides is 1. The van der Waals surface area contributed by atoms with Crippen LogP contribution < -0.4 is 10.1 Å². The summed E-state index contributed by atoms with van der Waals surface area (Å²) in [7, 11) is 0. The zero-order valence-corrected chi connectivity index (χ0v) is 16.7. The van der Waals surface area contributed by atoms with E-state index in [2.05, 4.69) is 51.0 Å². The lowest BCUT2D eigenvalue weighted by Crippen LogP contribution is -2.36. The summed E-state index contributed by atoms with van der Waals surface area (Å²) in [6, 6.07) is 6.00. The molecule has 1 amide bonds. The molecule has 1 aromatic carbocycles. The smallest absolute Gasteiger partial charge is 0.261 e. The van der Waals surface area contributed by atoms with Gasteiger partial charge in [-0.3, -0.25) is 4.79 Å². The Morgan fingerprint density at radius 2 is 1.92 bits per heavy atom. The predicted octanol–water partition coefficient (Wildman–Crippen LogP) is 4.78. The summed E-state index contributed by atoms with van der Waals surface area (Å²) < 4.78 is 5.79. The van der Waals surface area contributed by atoms with Crippen LogP contribution >= 0.6 is 11.3 Å². The maximum atomic E-state index is 12.3. The molecule has 0 aliphatic rings. The molecule has 1 aromatic heterocycles. The van der Waals surface area contributed by atoms with Crippen molar-refractivity contribution < 1.29 is 9.53 Å². The Morgan fingerprint density at radius 3 is 2.48 bits per heavy atom. The number of thiazole rings is 1. The van der Waals surface area contributed by atoms with Gasteiger partial charge >= 0.3 is 0 Å². The van der Waals surface area contributed by atoms with Crippen molar-refractivity contribution >= 4 is 17.2 Å². The van der Waals surface area contributed by atoms with Gasteiger partial charge in [0.25, 0.3) is 5.91 Å². The van der Waals surface area contributed by atoms with Crippen LogP contribution in [0, 0.1) is 6.92 Å². The Labute approximate surface area is 154 Å². The van der Waals surface area contributed by atoms with E-state index in [1.807, 2.05) is 17.5 Å². The second kappa shape index (κ2) is 8.48. The van der Waals surface area contributed by atoms with E-state index in [1.54, 1.807) is 18.3 Å². The van der Waals surface area contributed by atoms with Crippen LogP contribution in [0.2, 0.25) is 0 Å². The molecule has 0 bridgehead atoms. The molecule has 0 aliphatic heterocycles. The summed E-state index contributed by atoms with van der Waals surface area (Å²) in [4.78, 5) is 16.8. The molecule has 1 atom stereocenters. The van der Waals surface area contributed by atoms with Gasteiger partial charge in [0.15, 0.2) is 6.10 Å². The lowest BCUT2D eigenvalue weighted by molar-refractivity contribution is -0.127. The Bertz CT molecular complexity index is 722. The highest BCUT2D eigenvalue weighted by Crippen LogP contribution is 2.24.